The number of hydrogen-bond acceptors (Lipinski definition) is 6. The van der Waals surface area contributed by atoms with Crippen LogP contribution in [-0.2, 0) is 13.0 Å². The van der Waals surface area contributed by atoms with Gasteiger partial charge in [0.2, 0.25) is 0 Å². The maximum Gasteiger partial charge on any atom is 0.265 e. The molecular weight excluding hydrogens is 663 g/mol. The smallest absolute Gasteiger partial charge is 0.265 e. The molecule has 1 saturated heterocycles. The molecule has 0 saturated carbocycles. The van der Waals surface area contributed by atoms with E-state index in [2.05, 4.69) is 35.0 Å². The van der Waals surface area contributed by atoms with Crippen LogP contribution in [0.25, 0.3) is 16.6 Å². The SMILES string of the molecule is COc1ccc(C(=O)N2Cc3ccccc3C[C@H]2CN2CCN(C)CC2)c(-n2cc(C(=O)N(c3ccccc3)c3ccc(O)cc3)c3ccccc32)c1. The molecule has 9 heteroatoms. The Morgan fingerprint density at radius 2 is 1.45 bits per heavy atom. The molecule has 268 valence electrons. The molecule has 2 aliphatic heterocycles. The monoisotopic (exact) mass is 705 g/mol. The van der Waals surface area contributed by atoms with Gasteiger partial charge in [0, 0.05) is 74.3 Å². The summed E-state index contributed by atoms with van der Waals surface area (Å²) in [5.41, 5.74) is 6.19. The van der Waals surface area contributed by atoms with E-state index in [-0.39, 0.29) is 23.6 Å². The Morgan fingerprint density at radius 3 is 2.21 bits per heavy atom. The van der Waals surface area contributed by atoms with E-state index in [1.165, 1.54) is 11.1 Å². The lowest BCUT2D eigenvalue weighted by Crippen LogP contribution is -2.53. The van der Waals surface area contributed by atoms with Crippen molar-refractivity contribution in [2.24, 2.45) is 0 Å². The third-order valence-corrected chi connectivity index (χ3v) is 10.6. The summed E-state index contributed by atoms with van der Waals surface area (Å²) in [6.45, 7) is 5.29. The van der Waals surface area contributed by atoms with Crippen LogP contribution in [0.1, 0.15) is 31.8 Å². The predicted octanol–water partition coefficient (Wildman–Crippen LogP) is 7.14. The van der Waals surface area contributed by atoms with Crippen LogP contribution in [-0.4, -0.2) is 89.1 Å². The van der Waals surface area contributed by atoms with Gasteiger partial charge in [0.25, 0.3) is 11.8 Å². The Kier molecular flexibility index (Phi) is 9.43. The zero-order valence-electron chi connectivity index (χ0n) is 30.1. The van der Waals surface area contributed by atoms with Gasteiger partial charge in [-0.2, -0.15) is 0 Å². The van der Waals surface area contributed by atoms with Gasteiger partial charge in [-0.25, -0.2) is 0 Å². The van der Waals surface area contributed by atoms with E-state index in [1.54, 1.807) is 36.3 Å². The largest absolute Gasteiger partial charge is 0.508 e. The number of carbonyl (C=O) groups excluding carboxylic acids is 2. The summed E-state index contributed by atoms with van der Waals surface area (Å²) >= 11 is 0. The normalized spacial score (nSPS) is 16.3. The number of likely N-dealkylation sites (N-methyl/N-ethyl adjacent to an activating group) is 1. The number of para-hydroxylation sites is 2. The highest BCUT2D eigenvalue weighted by molar-refractivity contribution is 6.17. The number of amides is 2. The summed E-state index contributed by atoms with van der Waals surface area (Å²) in [5.74, 6) is 0.420. The molecule has 1 fully saturated rings. The molecule has 1 atom stereocenters. The third kappa shape index (κ3) is 6.77. The van der Waals surface area contributed by atoms with E-state index in [0.717, 1.165) is 50.0 Å². The number of rotatable bonds is 8. The second-order valence-electron chi connectivity index (χ2n) is 14.0. The van der Waals surface area contributed by atoms with E-state index in [4.69, 9.17) is 4.74 Å². The number of aromatic nitrogens is 1. The number of phenols is 1. The van der Waals surface area contributed by atoms with Crippen molar-refractivity contribution in [2.75, 3.05) is 51.8 Å². The fraction of sp³-hybridized carbons (Fsp3) is 0.227. The second-order valence-corrected chi connectivity index (χ2v) is 14.0. The molecule has 0 unspecified atom stereocenters. The highest BCUT2D eigenvalue weighted by atomic mass is 16.5. The highest BCUT2D eigenvalue weighted by Crippen LogP contribution is 2.35. The zero-order valence-corrected chi connectivity index (χ0v) is 30.1. The minimum Gasteiger partial charge on any atom is -0.508 e. The lowest BCUT2D eigenvalue weighted by atomic mass is 9.92. The van der Waals surface area contributed by atoms with Gasteiger partial charge in [-0.15, -0.1) is 0 Å². The molecule has 0 radical (unpaired) electrons. The number of methoxy groups -OCH3 is 1. The number of nitrogens with zero attached hydrogens (tertiary/aromatic N) is 5. The van der Waals surface area contributed by atoms with Crippen LogP contribution in [0, 0.1) is 0 Å². The van der Waals surface area contributed by atoms with Crippen LogP contribution in [0.5, 0.6) is 11.5 Å². The fourth-order valence-electron chi connectivity index (χ4n) is 7.72. The van der Waals surface area contributed by atoms with Crippen LogP contribution in [0.15, 0.2) is 128 Å². The average Bonchev–Trinajstić information content (AvgIpc) is 3.59. The summed E-state index contributed by atoms with van der Waals surface area (Å²) in [7, 11) is 3.78. The quantitative estimate of drug-likeness (QED) is 0.182. The minimum absolute atomic E-state index is 0.000886. The number of aromatic hydroxyl groups is 1. The molecule has 5 aromatic carbocycles. The molecule has 6 aromatic rings. The average molecular weight is 706 g/mol. The summed E-state index contributed by atoms with van der Waals surface area (Å²) in [6.07, 6.45) is 2.62. The van der Waals surface area contributed by atoms with E-state index < -0.39 is 0 Å². The van der Waals surface area contributed by atoms with Gasteiger partial charge in [-0.05, 0) is 79.2 Å². The molecule has 2 amide bonds. The zero-order chi connectivity index (χ0) is 36.5. The number of carbonyl (C=O) groups is 2. The minimum atomic E-state index is -0.243. The summed E-state index contributed by atoms with van der Waals surface area (Å²) in [4.78, 5) is 38.4. The molecule has 0 aliphatic carbocycles. The van der Waals surface area contributed by atoms with Crippen LogP contribution in [0.3, 0.4) is 0 Å². The number of hydrogen-bond donors (Lipinski definition) is 1. The maximum absolute atomic E-state index is 15.0. The van der Waals surface area contributed by atoms with Crippen molar-refractivity contribution >= 4 is 34.1 Å². The van der Waals surface area contributed by atoms with E-state index in [0.29, 0.717) is 40.5 Å². The van der Waals surface area contributed by atoms with Crippen molar-refractivity contribution in [1.29, 1.82) is 0 Å². The van der Waals surface area contributed by atoms with Crippen molar-refractivity contribution in [2.45, 2.75) is 19.0 Å². The number of phenolic OH excluding ortho intramolecular Hbond substituents is 1. The number of anilines is 2. The van der Waals surface area contributed by atoms with Crippen LogP contribution >= 0.6 is 0 Å². The summed E-state index contributed by atoms with van der Waals surface area (Å²) in [5, 5.41) is 10.8. The molecule has 2 aliphatic rings. The van der Waals surface area contributed by atoms with E-state index >= 15 is 4.79 Å². The van der Waals surface area contributed by atoms with E-state index in [1.807, 2.05) is 94.5 Å². The third-order valence-electron chi connectivity index (χ3n) is 10.6. The van der Waals surface area contributed by atoms with Gasteiger partial charge in [0.05, 0.1) is 29.4 Å². The van der Waals surface area contributed by atoms with Crippen molar-refractivity contribution in [3.05, 3.63) is 150 Å². The number of benzene rings is 5. The molecule has 8 rings (SSSR count). The molecule has 9 nitrogen and oxygen atoms in total. The predicted molar refractivity (Wildman–Crippen MR) is 209 cm³/mol. The first-order valence-corrected chi connectivity index (χ1v) is 18.1. The van der Waals surface area contributed by atoms with E-state index in [9.17, 15) is 9.90 Å². The maximum atomic E-state index is 15.0. The Balaban J connectivity index is 1.22. The summed E-state index contributed by atoms with van der Waals surface area (Å²) in [6, 6.07) is 37.9. The molecule has 1 aromatic heterocycles. The molecule has 0 spiro atoms. The lowest BCUT2D eigenvalue weighted by Gasteiger charge is -2.41. The van der Waals surface area contributed by atoms with Gasteiger partial charge in [-0.3, -0.25) is 19.4 Å². The van der Waals surface area contributed by atoms with Crippen molar-refractivity contribution in [3.8, 4) is 17.2 Å². The number of ether oxygens (including phenoxy) is 1. The first kappa shape index (κ1) is 34.2. The van der Waals surface area contributed by atoms with Crippen molar-refractivity contribution in [1.82, 2.24) is 19.3 Å². The lowest BCUT2D eigenvalue weighted by molar-refractivity contribution is 0.0535. The van der Waals surface area contributed by atoms with Gasteiger partial charge in [-0.1, -0.05) is 60.7 Å². The Morgan fingerprint density at radius 1 is 0.774 bits per heavy atom. The van der Waals surface area contributed by atoms with Gasteiger partial charge in [0.1, 0.15) is 11.5 Å². The Hall–Kier alpha value is -5.90. The summed E-state index contributed by atoms with van der Waals surface area (Å²) < 4.78 is 7.67. The Bertz CT molecular complexity index is 2260. The second kappa shape index (κ2) is 14.6. The number of piperazine rings is 1. The van der Waals surface area contributed by atoms with Crippen LogP contribution < -0.4 is 9.64 Å². The Labute approximate surface area is 309 Å². The topological polar surface area (TPSA) is 81.5 Å². The molecule has 53 heavy (non-hydrogen) atoms. The van der Waals surface area contributed by atoms with Gasteiger partial charge < -0.3 is 24.2 Å². The first-order chi connectivity index (χ1) is 25.9. The van der Waals surface area contributed by atoms with Crippen LogP contribution in [0.2, 0.25) is 0 Å². The molecule has 3 heterocycles. The molecule has 0 bridgehead atoms. The fourth-order valence-corrected chi connectivity index (χ4v) is 7.72. The molecule has 1 N–H and O–H groups in total. The van der Waals surface area contributed by atoms with Gasteiger partial charge in [0.15, 0.2) is 0 Å². The highest BCUT2D eigenvalue weighted by Gasteiger charge is 2.34. The van der Waals surface area contributed by atoms with Crippen LogP contribution in [0.4, 0.5) is 11.4 Å². The number of fused-ring (bicyclic) bond motifs is 2. The van der Waals surface area contributed by atoms with Crippen molar-refractivity contribution < 1.29 is 19.4 Å². The first-order valence-electron chi connectivity index (χ1n) is 18.1. The van der Waals surface area contributed by atoms with Crippen molar-refractivity contribution in [3.63, 3.8) is 0 Å². The standard InChI is InChI=1S/C44H43N5O4/c1-45-22-24-46(25-23-45)29-35-26-31-10-6-7-11-32(31)28-47(35)43(51)39-21-20-37(53-2)27-42(39)48-30-40(38-14-8-9-15-41(38)48)44(52)49(33-12-4-3-5-13-33)34-16-18-36(50)19-17-34/h3-21,27,30,35,50H,22-26,28-29H2,1-2H3/t35-/m0/s1. The molecular formula is C44H43N5O4. The van der Waals surface area contributed by atoms with Gasteiger partial charge >= 0.3 is 0 Å².